The lowest BCUT2D eigenvalue weighted by Crippen LogP contribution is -2.43. The van der Waals surface area contributed by atoms with Crippen LogP contribution in [-0.2, 0) is 11.3 Å². The number of rotatable bonds is 7. The second-order valence-electron chi connectivity index (χ2n) is 8.16. The van der Waals surface area contributed by atoms with Crippen molar-refractivity contribution >= 4 is 28.0 Å². The summed E-state index contributed by atoms with van der Waals surface area (Å²) in [4.78, 5) is 29.6. The normalized spacial score (nSPS) is 16.0. The van der Waals surface area contributed by atoms with Crippen LogP contribution >= 0.6 is 11.3 Å². The standard InChI is InChI=1S/C23H28N4O3S/c1-16(2)15-27-23(29)18-7-4-3-6-17(18)21(25-27)22(28)24-14-19(20-8-5-13-31-20)26-9-11-30-12-10-26/h3-8,13,16,19H,9-12,14-15H2,1-2H3,(H,24,28). The van der Waals surface area contributed by atoms with Crippen molar-refractivity contribution in [1.82, 2.24) is 20.0 Å². The Hall–Kier alpha value is -2.55. The second kappa shape index (κ2) is 9.72. The van der Waals surface area contributed by atoms with Crippen molar-refractivity contribution in [2.45, 2.75) is 26.4 Å². The smallest absolute Gasteiger partial charge is 0.274 e. The molecular formula is C23H28N4O3S. The summed E-state index contributed by atoms with van der Waals surface area (Å²) >= 11 is 1.69. The fourth-order valence-electron chi connectivity index (χ4n) is 3.93. The largest absolute Gasteiger partial charge is 0.379 e. The van der Waals surface area contributed by atoms with Gasteiger partial charge in [-0.3, -0.25) is 14.5 Å². The highest BCUT2D eigenvalue weighted by Crippen LogP contribution is 2.25. The lowest BCUT2D eigenvalue weighted by molar-refractivity contribution is 0.0169. The minimum absolute atomic E-state index is 0.0840. The zero-order valence-corrected chi connectivity index (χ0v) is 18.7. The highest BCUT2D eigenvalue weighted by Gasteiger charge is 2.25. The van der Waals surface area contributed by atoms with Gasteiger partial charge in [-0.15, -0.1) is 11.3 Å². The molecule has 1 aliphatic rings. The van der Waals surface area contributed by atoms with Crippen molar-refractivity contribution in [3.8, 4) is 0 Å². The number of nitrogens with one attached hydrogen (secondary N) is 1. The molecule has 1 aliphatic heterocycles. The van der Waals surface area contributed by atoms with Crippen molar-refractivity contribution in [3.63, 3.8) is 0 Å². The first-order valence-electron chi connectivity index (χ1n) is 10.7. The molecule has 1 atom stereocenters. The van der Waals surface area contributed by atoms with E-state index < -0.39 is 0 Å². The molecule has 1 fully saturated rings. The summed E-state index contributed by atoms with van der Waals surface area (Å²) in [6.45, 7) is 8.05. The van der Waals surface area contributed by atoms with Gasteiger partial charge in [0.1, 0.15) is 0 Å². The van der Waals surface area contributed by atoms with E-state index in [9.17, 15) is 9.59 Å². The van der Waals surface area contributed by atoms with Crippen molar-refractivity contribution in [3.05, 3.63) is 62.7 Å². The van der Waals surface area contributed by atoms with Crippen LogP contribution in [0.25, 0.3) is 10.8 Å². The SMILES string of the molecule is CC(C)Cn1nc(C(=O)NCC(c2cccs2)N2CCOCC2)c2ccccc2c1=O. The lowest BCUT2D eigenvalue weighted by atomic mass is 10.1. The molecule has 4 rings (SSSR count). The zero-order valence-electron chi connectivity index (χ0n) is 17.9. The number of benzene rings is 1. The topological polar surface area (TPSA) is 76.5 Å². The van der Waals surface area contributed by atoms with Crippen LogP contribution < -0.4 is 10.9 Å². The molecule has 0 saturated carbocycles. The quantitative estimate of drug-likeness (QED) is 0.611. The molecule has 0 radical (unpaired) electrons. The molecule has 0 aliphatic carbocycles. The van der Waals surface area contributed by atoms with E-state index in [4.69, 9.17) is 4.74 Å². The molecule has 3 heterocycles. The number of carbonyl (C=O) groups is 1. The van der Waals surface area contributed by atoms with Crippen LogP contribution in [0.2, 0.25) is 0 Å². The van der Waals surface area contributed by atoms with Gasteiger partial charge in [0.25, 0.3) is 11.5 Å². The number of fused-ring (bicyclic) bond motifs is 1. The van der Waals surface area contributed by atoms with Gasteiger partial charge in [0.05, 0.1) is 24.6 Å². The van der Waals surface area contributed by atoms with Crippen LogP contribution in [0, 0.1) is 5.92 Å². The number of thiophene rings is 1. The molecule has 164 valence electrons. The summed E-state index contributed by atoms with van der Waals surface area (Å²) in [5, 5.41) is 10.7. The summed E-state index contributed by atoms with van der Waals surface area (Å²) in [5.74, 6) is -0.0182. The fraction of sp³-hybridized carbons (Fsp3) is 0.435. The Labute approximate surface area is 185 Å². The third-order valence-electron chi connectivity index (χ3n) is 5.43. The molecule has 2 aromatic heterocycles. The van der Waals surface area contributed by atoms with E-state index in [0.29, 0.717) is 42.8 Å². The first-order valence-corrected chi connectivity index (χ1v) is 11.6. The first-order chi connectivity index (χ1) is 15.0. The number of hydrogen-bond donors (Lipinski definition) is 1. The van der Waals surface area contributed by atoms with Gasteiger partial charge in [-0.05, 0) is 23.4 Å². The zero-order chi connectivity index (χ0) is 21.8. The number of morpholine rings is 1. The van der Waals surface area contributed by atoms with Gasteiger partial charge in [0.15, 0.2) is 5.69 Å². The van der Waals surface area contributed by atoms with E-state index in [1.54, 1.807) is 23.5 Å². The van der Waals surface area contributed by atoms with Crippen LogP contribution in [0.3, 0.4) is 0 Å². The van der Waals surface area contributed by atoms with Gasteiger partial charge in [0.2, 0.25) is 0 Å². The molecule has 1 aromatic carbocycles. The molecule has 1 saturated heterocycles. The van der Waals surface area contributed by atoms with Gasteiger partial charge in [-0.1, -0.05) is 38.1 Å². The maximum Gasteiger partial charge on any atom is 0.274 e. The summed E-state index contributed by atoms with van der Waals surface area (Å²) in [6.07, 6.45) is 0. The lowest BCUT2D eigenvalue weighted by Gasteiger charge is -2.34. The molecule has 31 heavy (non-hydrogen) atoms. The highest BCUT2D eigenvalue weighted by atomic mass is 32.1. The van der Waals surface area contributed by atoms with Crippen molar-refractivity contribution < 1.29 is 9.53 Å². The maximum absolute atomic E-state index is 13.2. The molecule has 8 heteroatoms. The van der Waals surface area contributed by atoms with Crippen LogP contribution in [0.4, 0.5) is 0 Å². The third kappa shape index (κ3) is 4.87. The van der Waals surface area contributed by atoms with E-state index in [1.807, 2.05) is 32.0 Å². The van der Waals surface area contributed by atoms with Crippen LogP contribution in [0.15, 0.2) is 46.6 Å². The number of nitrogens with zero attached hydrogens (tertiary/aromatic N) is 3. The molecule has 1 N–H and O–H groups in total. The van der Waals surface area contributed by atoms with Crippen molar-refractivity contribution in [2.75, 3.05) is 32.8 Å². The third-order valence-corrected chi connectivity index (χ3v) is 6.41. The molecule has 0 spiro atoms. The maximum atomic E-state index is 13.2. The summed E-state index contributed by atoms with van der Waals surface area (Å²) in [5.41, 5.74) is 0.133. The predicted molar refractivity (Wildman–Crippen MR) is 123 cm³/mol. The average molecular weight is 441 g/mol. The van der Waals surface area contributed by atoms with E-state index in [1.165, 1.54) is 9.56 Å². The van der Waals surface area contributed by atoms with Crippen molar-refractivity contribution in [1.29, 1.82) is 0 Å². The molecule has 1 amide bonds. The van der Waals surface area contributed by atoms with Gasteiger partial charge in [0, 0.05) is 36.4 Å². The van der Waals surface area contributed by atoms with Crippen LogP contribution in [-0.4, -0.2) is 53.4 Å². The minimum Gasteiger partial charge on any atom is -0.379 e. The number of hydrogen-bond acceptors (Lipinski definition) is 6. The first kappa shape index (κ1) is 21.7. The molecular weight excluding hydrogens is 412 g/mol. The Balaban J connectivity index is 1.61. The predicted octanol–water partition coefficient (Wildman–Crippen LogP) is 2.92. The molecule has 7 nitrogen and oxygen atoms in total. The number of amides is 1. The van der Waals surface area contributed by atoms with Crippen molar-refractivity contribution in [2.24, 2.45) is 5.92 Å². The molecule has 3 aromatic rings. The van der Waals surface area contributed by atoms with Gasteiger partial charge >= 0.3 is 0 Å². The molecule has 1 unspecified atom stereocenters. The van der Waals surface area contributed by atoms with Gasteiger partial charge < -0.3 is 10.1 Å². The average Bonchev–Trinajstić information content (AvgIpc) is 3.31. The molecule has 0 bridgehead atoms. The Bertz CT molecular complexity index is 1090. The summed E-state index contributed by atoms with van der Waals surface area (Å²) in [7, 11) is 0. The van der Waals surface area contributed by atoms with Gasteiger partial charge in [-0.2, -0.15) is 5.10 Å². The van der Waals surface area contributed by atoms with Crippen LogP contribution in [0.1, 0.15) is 35.3 Å². The fourth-order valence-corrected chi connectivity index (χ4v) is 4.79. The van der Waals surface area contributed by atoms with E-state index in [-0.39, 0.29) is 23.4 Å². The van der Waals surface area contributed by atoms with E-state index in [0.717, 1.165) is 13.1 Å². The second-order valence-corrected chi connectivity index (χ2v) is 9.14. The number of carbonyl (C=O) groups excluding carboxylic acids is 1. The monoisotopic (exact) mass is 440 g/mol. The van der Waals surface area contributed by atoms with Crippen LogP contribution in [0.5, 0.6) is 0 Å². The number of aromatic nitrogens is 2. The minimum atomic E-state index is -0.261. The van der Waals surface area contributed by atoms with E-state index in [2.05, 4.69) is 26.8 Å². The Kier molecular flexibility index (Phi) is 6.80. The summed E-state index contributed by atoms with van der Waals surface area (Å²) < 4.78 is 6.92. The number of ether oxygens (including phenoxy) is 1. The summed E-state index contributed by atoms with van der Waals surface area (Å²) in [6, 6.07) is 11.4. The Morgan fingerprint density at radius 3 is 2.58 bits per heavy atom. The van der Waals surface area contributed by atoms with Gasteiger partial charge in [-0.25, -0.2) is 4.68 Å². The van der Waals surface area contributed by atoms with E-state index >= 15 is 0 Å². The highest BCUT2D eigenvalue weighted by molar-refractivity contribution is 7.10. The Morgan fingerprint density at radius 1 is 1.16 bits per heavy atom. The Morgan fingerprint density at radius 2 is 1.90 bits per heavy atom.